The van der Waals surface area contributed by atoms with Crippen molar-refractivity contribution in [3.8, 4) is 5.75 Å². The van der Waals surface area contributed by atoms with Gasteiger partial charge in [0.1, 0.15) is 11.9 Å². The molecular weight excluding hydrogens is 298 g/mol. The molecule has 1 aromatic rings. The number of hydrogen-bond donors (Lipinski definition) is 1. The number of benzene rings is 1. The Morgan fingerprint density at radius 1 is 1.22 bits per heavy atom. The fourth-order valence-electron chi connectivity index (χ4n) is 2.57. The molecule has 126 valence electrons. The van der Waals surface area contributed by atoms with Gasteiger partial charge >= 0.3 is 12.1 Å². The van der Waals surface area contributed by atoms with Crippen molar-refractivity contribution >= 4 is 12.1 Å². The van der Waals surface area contributed by atoms with E-state index in [2.05, 4.69) is 0 Å². The molecule has 0 spiro atoms. The van der Waals surface area contributed by atoms with Crippen LogP contribution in [0.2, 0.25) is 0 Å². The van der Waals surface area contributed by atoms with Gasteiger partial charge in [-0.2, -0.15) is 0 Å². The first-order chi connectivity index (χ1) is 11.1. The fourth-order valence-corrected chi connectivity index (χ4v) is 2.57. The highest BCUT2D eigenvalue weighted by Gasteiger charge is 2.23. The van der Waals surface area contributed by atoms with E-state index in [0.717, 1.165) is 11.3 Å². The third-order valence-corrected chi connectivity index (χ3v) is 3.86. The number of amides is 1. The number of esters is 1. The number of carboxylic acid groups (broad SMARTS) is 1. The lowest BCUT2D eigenvalue weighted by molar-refractivity contribution is -0.143. The normalized spacial score (nSPS) is 15.3. The van der Waals surface area contributed by atoms with Gasteiger partial charge in [-0.25, -0.2) is 4.79 Å². The lowest BCUT2D eigenvalue weighted by Crippen LogP contribution is -2.41. The third kappa shape index (κ3) is 5.47. The summed E-state index contributed by atoms with van der Waals surface area (Å²) in [4.78, 5) is 23.6. The smallest absolute Gasteiger partial charge is 0.407 e. The quantitative estimate of drug-likeness (QED) is 0.815. The number of ether oxygens (including phenoxy) is 2. The highest BCUT2D eigenvalue weighted by molar-refractivity contribution is 5.69. The van der Waals surface area contributed by atoms with Gasteiger partial charge in [0.2, 0.25) is 0 Å². The number of likely N-dealkylation sites (tertiary alicyclic amines) is 1. The molecule has 0 bridgehead atoms. The predicted molar refractivity (Wildman–Crippen MR) is 84.6 cm³/mol. The molecule has 0 saturated carbocycles. The number of carbonyl (C=O) groups is 2. The second-order valence-electron chi connectivity index (χ2n) is 5.54. The van der Waals surface area contributed by atoms with Gasteiger partial charge in [0.25, 0.3) is 0 Å². The molecule has 0 atom stereocenters. The van der Waals surface area contributed by atoms with E-state index in [1.165, 1.54) is 4.90 Å². The summed E-state index contributed by atoms with van der Waals surface area (Å²) in [6.45, 7) is 3.23. The zero-order valence-corrected chi connectivity index (χ0v) is 13.4. The summed E-state index contributed by atoms with van der Waals surface area (Å²) in [5.41, 5.74) is 1.06. The molecule has 0 aromatic heterocycles. The van der Waals surface area contributed by atoms with Gasteiger partial charge in [-0.15, -0.1) is 0 Å². The van der Waals surface area contributed by atoms with Crippen molar-refractivity contribution < 1.29 is 24.2 Å². The summed E-state index contributed by atoms with van der Waals surface area (Å²) >= 11 is 0. The van der Waals surface area contributed by atoms with Crippen LogP contribution in [0.5, 0.6) is 5.75 Å². The van der Waals surface area contributed by atoms with E-state index in [1.807, 2.05) is 24.3 Å². The van der Waals surface area contributed by atoms with Crippen LogP contribution in [0.1, 0.15) is 31.7 Å². The Labute approximate surface area is 136 Å². The van der Waals surface area contributed by atoms with Crippen LogP contribution in [0.25, 0.3) is 0 Å². The van der Waals surface area contributed by atoms with Crippen LogP contribution in [0.4, 0.5) is 4.79 Å². The minimum Gasteiger partial charge on any atom is -0.490 e. The van der Waals surface area contributed by atoms with Crippen LogP contribution in [-0.4, -0.2) is 47.9 Å². The lowest BCUT2D eigenvalue weighted by atomic mass is 10.1. The second-order valence-corrected chi connectivity index (χ2v) is 5.54. The summed E-state index contributed by atoms with van der Waals surface area (Å²) < 4.78 is 10.8. The maximum absolute atomic E-state index is 11.3. The van der Waals surface area contributed by atoms with Gasteiger partial charge in [0.15, 0.2) is 0 Å². The standard InChI is InChI=1S/C17H23NO5/c1-2-22-16(19)8-5-13-3-6-14(7-4-13)23-15-9-11-18(12-10-15)17(20)21/h3-4,6-7,15H,2,5,8-12H2,1H3,(H,20,21). The van der Waals surface area contributed by atoms with E-state index in [9.17, 15) is 9.59 Å². The first-order valence-electron chi connectivity index (χ1n) is 7.97. The molecular formula is C17H23NO5. The van der Waals surface area contributed by atoms with E-state index in [4.69, 9.17) is 14.6 Å². The van der Waals surface area contributed by atoms with Crippen molar-refractivity contribution in [3.63, 3.8) is 0 Å². The lowest BCUT2D eigenvalue weighted by Gasteiger charge is -2.30. The van der Waals surface area contributed by atoms with Crippen molar-refractivity contribution in [3.05, 3.63) is 29.8 Å². The molecule has 2 rings (SSSR count). The Kier molecular flexibility index (Phi) is 6.26. The van der Waals surface area contributed by atoms with Gasteiger partial charge < -0.3 is 19.5 Å². The van der Waals surface area contributed by atoms with Crippen molar-refractivity contribution in [2.45, 2.75) is 38.7 Å². The van der Waals surface area contributed by atoms with E-state index >= 15 is 0 Å². The van der Waals surface area contributed by atoms with Gasteiger partial charge in [-0.3, -0.25) is 4.79 Å². The molecule has 6 nitrogen and oxygen atoms in total. The van der Waals surface area contributed by atoms with E-state index in [0.29, 0.717) is 45.4 Å². The molecule has 23 heavy (non-hydrogen) atoms. The van der Waals surface area contributed by atoms with Crippen LogP contribution in [0, 0.1) is 0 Å². The first-order valence-corrected chi connectivity index (χ1v) is 7.97. The SMILES string of the molecule is CCOC(=O)CCc1ccc(OC2CCN(C(=O)O)CC2)cc1. The Balaban J connectivity index is 1.77. The zero-order valence-electron chi connectivity index (χ0n) is 13.4. The molecule has 0 radical (unpaired) electrons. The van der Waals surface area contributed by atoms with E-state index < -0.39 is 6.09 Å². The highest BCUT2D eigenvalue weighted by Crippen LogP contribution is 2.20. The number of rotatable bonds is 6. The molecule has 1 heterocycles. The van der Waals surface area contributed by atoms with Crippen LogP contribution >= 0.6 is 0 Å². The maximum Gasteiger partial charge on any atom is 0.407 e. The van der Waals surface area contributed by atoms with Gasteiger partial charge in [-0.1, -0.05) is 12.1 Å². The molecule has 1 fully saturated rings. The number of aryl methyl sites for hydroxylation is 1. The molecule has 1 saturated heterocycles. The maximum atomic E-state index is 11.3. The summed E-state index contributed by atoms with van der Waals surface area (Å²) in [6.07, 6.45) is 1.62. The predicted octanol–water partition coefficient (Wildman–Crippen LogP) is 2.70. The largest absolute Gasteiger partial charge is 0.490 e. The Hall–Kier alpha value is -2.24. The summed E-state index contributed by atoms with van der Waals surface area (Å²) in [5, 5.41) is 8.92. The number of nitrogens with zero attached hydrogens (tertiary/aromatic N) is 1. The van der Waals surface area contributed by atoms with E-state index in [-0.39, 0.29) is 12.1 Å². The molecule has 1 aliphatic heterocycles. The van der Waals surface area contributed by atoms with Crippen LogP contribution < -0.4 is 4.74 Å². The second kappa shape index (κ2) is 8.41. The number of carbonyl (C=O) groups excluding carboxylic acids is 1. The Morgan fingerprint density at radius 3 is 2.43 bits per heavy atom. The molecule has 1 aliphatic rings. The Morgan fingerprint density at radius 2 is 1.87 bits per heavy atom. The van der Waals surface area contributed by atoms with Crippen LogP contribution in [-0.2, 0) is 16.0 Å². The average Bonchev–Trinajstić information content (AvgIpc) is 2.55. The minimum atomic E-state index is -0.866. The number of hydrogen-bond acceptors (Lipinski definition) is 4. The molecule has 0 unspecified atom stereocenters. The molecule has 0 aliphatic carbocycles. The summed E-state index contributed by atoms with van der Waals surface area (Å²) in [7, 11) is 0. The number of piperidine rings is 1. The first kappa shape index (κ1) is 17.1. The van der Waals surface area contributed by atoms with Gasteiger partial charge in [0.05, 0.1) is 6.61 Å². The summed E-state index contributed by atoms with van der Waals surface area (Å²) in [5.74, 6) is 0.594. The van der Waals surface area contributed by atoms with Crippen LogP contribution in [0.15, 0.2) is 24.3 Å². The van der Waals surface area contributed by atoms with Gasteiger partial charge in [-0.05, 0) is 31.0 Å². The van der Waals surface area contributed by atoms with Gasteiger partial charge in [0, 0.05) is 32.4 Å². The fraction of sp³-hybridized carbons (Fsp3) is 0.529. The minimum absolute atomic E-state index is 0.0518. The topological polar surface area (TPSA) is 76.1 Å². The molecule has 6 heteroatoms. The van der Waals surface area contributed by atoms with E-state index in [1.54, 1.807) is 6.92 Å². The molecule has 1 aromatic carbocycles. The summed E-state index contributed by atoms with van der Waals surface area (Å²) in [6, 6.07) is 7.68. The van der Waals surface area contributed by atoms with Crippen LogP contribution in [0.3, 0.4) is 0 Å². The van der Waals surface area contributed by atoms with Crippen molar-refractivity contribution in [1.29, 1.82) is 0 Å². The average molecular weight is 321 g/mol. The highest BCUT2D eigenvalue weighted by atomic mass is 16.5. The van der Waals surface area contributed by atoms with Crippen molar-refractivity contribution in [1.82, 2.24) is 4.90 Å². The molecule has 1 amide bonds. The van der Waals surface area contributed by atoms with Crippen molar-refractivity contribution in [2.75, 3.05) is 19.7 Å². The zero-order chi connectivity index (χ0) is 16.7. The Bertz CT molecular complexity index is 520. The molecule has 1 N–H and O–H groups in total. The van der Waals surface area contributed by atoms with Crippen molar-refractivity contribution in [2.24, 2.45) is 0 Å². The monoisotopic (exact) mass is 321 g/mol. The third-order valence-electron chi connectivity index (χ3n) is 3.86.